The Hall–Kier alpha value is -3.29. The molecule has 8 heteroatoms. The van der Waals surface area contributed by atoms with E-state index in [2.05, 4.69) is 30.4 Å². The molecule has 0 saturated heterocycles. The SMILES string of the molecule is C=C=O.C=CCCC.CC.CO.COc1cc(CNCCOC(C)C)ccc1Oc1ccc(C(C)=O)cn1. The van der Waals surface area contributed by atoms with Gasteiger partial charge in [0, 0.05) is 38.0 Å². The number of aliphatic hydroxyl groups is 1. The molecule has 214 valence electrons. The quantitative estimate of drug-likeness (QED) is 0.144. The second kappa shape index (κ2) is 28.3. The highest BCUT2D eigenvalue weighted by molar-refractivity contribution is 5.93. The largest absolute Gasteiger partial charge is 0.493 e. The van der Waals surface area contributed by atoms with Crippen LogP contribution in [-0.4, -0.2) is 55.3 Å². The first-order chi connectivity index (χ1) is 18.3. The normalized spacial score (nSPS) is 8.89. The van der Waals surface area contributed by atoms with Crippen LogP contribution in [0.25, 0.3) is 0 Å². The Bertz CT molecular complexity index is 877. The van der Waals surface area contributed by atoms with Gasteiger partial charge in [-0.15, -0.1) is 6.58 Å². The highest BCUT2D eigenvalue weighted by atomic mass is 16.5. The lowest BCUT2D eigenvalue weighted by molar-refractivity contribution is 0.0807. The topological polar surface area (TPSA) is 107 Å². The van der Waals surface area contributed by atoms with Crippen molar-refractivity contribution in [3.63, 3.8) is 0 Å². The molecule has 2 N–H and O–H groups in total. The molecule has 1 aromatic heterocycles. The summed E-state index contributed by atoms with van der Waals surface area (Å²) in [5.74, 6) is 2.82. The van der Waals surface area contributed by atoms with Gasteiger partial charge in [-0.3, -0.25) is 4.79 Å². The first kappa shape index (κ1) is 39.2. The molecule has 0 aliphatic carbocycles. The number of hydrogen-bond donors (Lipinski definition) is 2. The monoisotopic (exact) mass is 532 g/mol. The molecule has 0 aliphatic heterocycles. The minimum absolute atomic E-state index is 0.0303. The van der Waals surface area contributed by atoms with E-state index in [1.54, 1.807) is 19.2 Å². The molecule has 0 unspecified atom stereocenters. The Balaban J connectivity index is -0.000000869. The number of aliphatic hydroxyl groups excluding tert-OH is 1. The van der Waals surface area contributed by atoms with E-state index in [9.17, 15) is 4.79 Å². The summed E-state index contributed by atoms with van der Waals surface area (Å²) in [6.07, 6.45) is 6.05. The van der Waals surface area contributed by atoms with E-state index in [1.807, 2.05) is 52.0 Å². The fraction of sp³-hybridized carbons (Fsp3) is 0.467. The third kappa shape index (κ3) is 20.9. The van der Waals surface area contributed by atoms with E-state index in [1.165, 1.54) is 25.5 Å². The molecule has 38 heavy (non-hydrogen) atoms. The molecular weight excluding hydrogens is 484 g/mol. The van der Waals surface area contributed by atoms with Gasteiger partial charge in [0.15, 0.2) is 17.3 Å². The number of aromatic nitrogens is 1. The average Bonchev–Trinajstić information content (AvgIpc) is 2.93. The Kier molecular flexibility index (Phi) is 29.2. The van der Waals surface area contributed by atoms with Crippen LogP contribution in [0.1, 0.15) is 70.3 Å². The zero-order valence-electron chi connectivity index (χ0n) is 24.5. The number of hydrogen-bond acceptors (Lipinski definition) is 8. The van der Waals surface area contributed by atoms with Gasteiger partial charge < -0.3 is 24.6 Å². The number of benzene rings is 1. The number of carbonyl (C=O) groups is 1. The van der Waals surface area contributed by atoms with Gasteiger partial charge in [0.25, 0.3) is 0 Å². The van der Waals surface area contributed by atoms with E-state index in [-0.39, 0.29) is 11.9 Å². The average molecular weight is 533 g/mol. The van der Waals surface area contributed by atoms with Crippen molar-refractivity contribution in [2.75, 3.05) is 27.4 Å². The highest BCUT2D eigenvalue weighted by Gasteiger charge is 2.09. The van der Waals surface area contributed by atoms with Crippen LogP contribution in [0.4, 0.5) is 0 Å². The summed E-state index contributed by atoms with van der Waals surface area (Å²) in [6.45, 7) is 20.1. The summed E-state index contributed by atoms with van der Waals surface area (Å²) >= 11 is 0. The van der Waals surface area contributed by atoms with Gasteiger partial charge in [-0.25, -0.2) is 9.78 Å². The number of methoxy groups -OCH3 is 1. The molecule has 0 spiro atoms. The zero-order valence-corrected chi connectivity index (χ0v) is 24.5. The molecule has 2 rings (SSSR count). The molecular formula is C30H48N2O6. The lowest BCUT2D eigenvalue weighted by atomic mass is 10.2. The van der Waals surface area contributed by atoms with Crippen molar-refractivity contribution in [3.8, 4) is 17.4 Å². The number of unbranched alkanes of at least 4 members (excludes halogenated alkanes) is 1. The van der Waals surface area contributed by atoms with Gasteiger partial charge in [-0.05, 0) is 57.5 Å². The van der Waals surface area contributed by atoms with Crippen LogP contribution < -0.4 is 14.8 Å². The Morgan fingerprint density at radius 3 is 2.24 bits per heavy atom. The maximum absolute atomic E-state index is 11.3. The summed E-state index contributed by atoms with van der Waals surface area (Å²) in [6, 6.07) is 9.10. The van der Waals surface area contributed by atoms with Crippen LogP contribution in [0, 0.1) is 0 Å². The summed E-state index contributed by atoms with van der Waals surface area (Å²) in [7, 11) is 2.60. The molecule has 0 amide bonds. The summed E-state index contributed by atoms with van der Waals surface area (Å²) in [5.41, 5.74) is 1.63. The van der Waals surface area contributed by atoms with Crippen LogP contribution in [0.2, 0.25) is 0 Å². The van der Waals surface area contributed by atoms with Gasteiger partial charge in [0.05, 0.1) is 19.8 Å². The Labute approximate surface area is 229 Å². The molecule has 0 bridgehead atoms. The zero-order chi connectivity index (χ0) is 29.8. The fourth-order valence-electron chi connectivity index (χ4n) is 2.47. The number of nitrogens with zero attached hydrogens (tertiary/aromatic N) is 1. The lowest BCUT2D eigenvalue weighted by Crippen LogP contribution is -2.20. The van der Waals surface area contributed by atoms with E-state index < -0.39 is 0 Å². The van der Waals surface area contributed by atoms with E-state index in [4.69, 9.17) is 24.1 Å². The molecule has 2 aromatic rings. The number of nitrogens with one attached hydrogen (secondary N) is 1. The molecule has 0 radical (unpaired) electrons. The number of allylic oxidation sites excluding steroid dienone is 1. The van der Waals surface area contributed by atoms with Crippen LogP contribution in [0.3, 0.4) is 0 Å². The Morgan fingerprint density at radius 1 is 1.18 bits per heavy atom. The van der Waals surface area contributed by atoms with Gasteiger partial charge in [0.1, 0.15) is 5.94 Å². The molecule has 0 fully saturated rings. The highest BCUT2D eigenvalue weighted by Crippen LogP contribution is 2.31. The van der Waals surface area contributed by atoms with Crippen molar-refractivity contribution in [1.82, 2.24) is 10.3 Å². The van der Waals surface area contributed by atoms with Crippen LogP contribution in [-0.2, 0) is 16.1 Å². The second-order valence-electron chi connectivity index (χ2n) is 7.35. The van der Waals surface area contributed by atoms with E-state index in [0.29, 0.717) is 36.1 Å². The minimum atomic E-state index is -0.0303. The maximum Gasteiger partial charge on any atom is 0.219 e. The number of ether oxygens (including phenoxy) is 3. The standard InChI is InChI=1S/C20H26N2O4.C5H10.C2H2O.C2H6.CH4O/c1-14(2)25-10-9-21-12-16-5-7-18(19(11-16)24-4)26-20-8-6-17(13-22-20)15(3)23;1-3-5-4-2;1-2-3;2*1-2/h5-8,11,13-14,21H,9-10,12H2,1-4H3;3H,1,4-5H2,2H3;1H2;1-2H3;2H,1H3. The van der Waals surface area contributed by atoms with E-state index in [0.717, 1.165) is 25.6 Å². The van der Waals surface area contributed by atoms with Crippen molar-refractivity contribution in [2.45, 2.75) is 67.0 Å². The van der Waals surface area contributed by atoms with E-state index >= 15 is 0 Å². The number of carbonyl (C=O) groups excluding carboxylic acids is 2. The summed E-state index contributed by atoms with van der Waals surface area (Å²) in [5, 5.41) is 10.3. The van der Waals surface area contributed by atoms with Gasteiger partial charge in [-0.1, -0.05) is 39.3 Å². The lowest BCUT2D eigenvalue weighted by Gasteiger charge is -2.12. The Morgan fingerprint density at radius 2 is 1.82 bits per heavy atom. The number of ketones is 1. The minimum Gasteiger partial charge on any atom is -0.493 e. The van der Waals surface area contributed by atoms with Gasteiger partial charge >= 0.3 is 0 Å². The van der Waals surface area contributed by atoms with Gasteiger partial charge in [0.2, 0.25) is 5.88 Å². The summed E-state index contributed by atoms with van der Waals surface area (Å²) in [4.78, 5) is 24.0. The smallest absolute Gasteiger partial charge is 0.219 e. The van der Waals surface area contributed by atoms with Crippen molar-refractivity contribution in [3.05, 3.63) is 66.9 Å². The fourth-order valence-corrected chi connectivity index (χ4v) is 2.47. The molecule has 0 aliphatic rings. The predicted molar refractivity (Wildman–Crippen MR) is 156 cm³/mol. The van der Waals surface area contributed by atoms with Gasteiger partial charge in [-0.2, -0.15) is 0 Å². The molecule has 1 heterocycles. The summed E-state index contributed by atoms with van der Waals surface area (Å²) < 4.78 is 16.7. The third-order valence-electron chi connectivity index (χ3n) is 4.14. The van der Waals surface area contributed by atoms with Crippen molar-refractivity contribution in [1.29, 1.82) is 0 Å². The van der Waals surface area contributed by atoms with Crippen molar-refractivity contribution < 1.29 is 28.9 Å². The second-order valence-corrected chi connectivity index (χ2v) is 7.35. The molecule has 0 saturated carbocycles. The number of rotatable bonds is 12. The van der Waals surface area contributed by atoms with Crippen molar-refractivity contribution in [2.24, 2.45) is 0 Å². The molecule has 1 aromatic carbocycles. The maximum atomic E-state index is 11.3. The van der Waals surface area contributed by atoms with Crippen LogP contribution in [0.5, 0.6) is 17.4 Å². The number of Topliss-reactive ketones (excluding diaryl/α,β-unsaturated/α-hetero) is 1. The first-order valence-electron chi connectivity index (χ1n) is 12.7. The predicted octanol–water partition coefficient (Wildman–Crippen LogP) is 6.21. The number of pyridine rings is 1. The first-order valence-corrected chi connectivity index (χ1v) is 12.7. The molecule has 8 nitrogen and oxygen atoms in total. The van der Waals surface area contributed by atoms with Crippen LogP contribution in [0.15, 0.2) is 55.8 Å². The molecule has 0 atom stereocenters. The van der Waals surface area contributed by atoms with Crippen molar-refractivity contribution >= 4 is 11.7 Å². The van der Waals surface area contributed by atoms with Crippen LogP contribution >= 0.6 is 0 Å². The third-order valence-corrected chi connectivity index (χ3v) is 4.14.